The fraction of sp³-hybridized carbons (Fsp3) is 0.0667. The van der Waals surface area contributed by atoms with E-state index < -0.39 is 0 Å². The van der Waals surface area contributed by atoms with Gasteiger partial charge in [-0.2, -0.15) is 0 Å². The molecule has 0 aliphatic heterocycles. The maximum Gasteiger partial charge on any atom is 0.203 e. The van der Waals surface area contributed by atoms with Gasteiger partial charge in [-0.05, 0) is 40.2 Å². The smallest absolute Gasteiger partial charge is 0.203 e. The molecule has 3 aromatic rings. The molecule has 3 rings (SSSR count). The van der Waals surface area contributed by atoms with E-state index in [0.717, 1.165) is 16.6 Å². The van der Waals surface area contributed by atoms with Crippen molar-refractivity contribution in [3.05, 3.63) is 64.7 Å². The zero-order valence-corrected chi connectivity index (χ0v) is 11.6. The molecule has 0 aliphatic carbocycles. The van der Waals surface area contributed by atoms with E-state index in [0.29, 0.717) is 10.4 Å². The van der Waals surface area contributed by atoms with Crippen LogP contribution in [-0.4, -0.2) is 10.8 Å². The van der Waals surface area contributed by atoms with Crippen LogP contribution in [0.15, 0.2) is 57.6 Å². The summed E-state index contributed by atoms with van der Waals surface area (Å²) < 4.78 is 5.80. The number of hydrogen-bond acceptors (Lipinski definition) is 3. The number of nitrogens with zero attached hydrogens (tertiary/aromatic N) is 1. The number of para-hydroxylation sites is 1. The van der Waals surface area contributed by atoms with E-state index in [1.165, 1.54) is 0 Å². The summed E-state index contributed by atoms with van der Waals surface area (Å²) in [6.07, 6.45) is 0.241. The molecule has 0 spiro atoms. The average molecular weight is 316 g/mol. The SMILES string of the molecule is O=C(Cc1ccc2ccccc2n1)c1ccc(Br)o1. The third-order valence-electron chi connectivity index (χ3n) is 2.85. The van der Waals surface area contributed by atoms with E-state index >= 15 is 0 Å². The van der Waals surface area contributed by atoms with E-state index in [9.17, 15) is 4.79 Å². The van der Waals surface area contributed by atoms with Crippen LogP contribution in [0.5, 0.6) is 0 Å². The molecule has 0 radical (unpaired) electrons. The molecule has 4 heteroatoms. The number of fused-ring (bicyclic) bond motifs is 1. The summed E-state index contributed by atoms with van der Waals surface area (Å²) in [6.45, 7) is 0. The minimum Gasteiger partial charge on any atom is -0.446 e. The normalized spacial score (nSPS) is 10.8. The van der Waals surface area contributed by atoms with Crippen molar-refractivity contribution in [2.24, 2.45) is 0 Å². The average Bonchev–Trinajstić information content (AvgIpc) is 2.85. The van der Waals surface area contributed by atoms with Gasteiger partial charge in [0.2, 0.25) is 5.78 Å². The van der Waals surface area contributed by atoms with Crippen molar-refractivity contribution in [3.8, 4) is 0 Å². The number of hydrogen-bond donors (Lipinski definition) is 0. The Balaban J connectivity index is 1.87. The monoisotopic (exact) mass is 315 g/mol. The van der Waals surface area contributed by atoms with Crippen LogP contribution in [0, 0.1) is 0 Å². The summed E-state index contributed by atoms with van der Waals surface area (Å²) in [6, 6.07) is 15.1. The Labute approximate surface area is 118 Å². The lowest BCUT2D eigenvalue weighted by Gasteiger charge is -2.01. The number of furan rings is 1. The summed E-state index contributed by atoms with van der Waals surface area (Å²) >= 11 is 3.18. The molecule has 2 aromatic heterocycles. The van der Waals surface area contributed by atoms with E-state index in [1.54, 1.807) is 12.1 Å². The van der Waals surface area contributed by atoms with E-state index in [4.69, 9.17) is 4.42 Å². The Morgan fingerprint density at radius 3 is 2.74 bits per heavy atom. The van der Waals surface area contributed by atoms with Gasteiger partial charge in [-0.1, -0.05) is 24.3 Å². The third kappa shape index (κ3) is 2.58. The first kappa shape index (κ1) is 12.1. The van der Waals surface area contributed by atoms with Crippen molar-refractivity contribution in [2.45, 2.75) is 6.42 Å². The van der Waals surface area contributed by atoms with Gasteiger partial charge in [0.1, 0.15) is 0 Å². The Hall–Kier alpha value is -1.94. The second-order valence-corrected chi connectivity index (χ2v) is 4.98. The highest BCUT2D eigenvalue weighted by atomic mass is 79.9. The molecule has 1 aromatic carbocycles. The van der Waals surface area contributed by atoms with Gasteiger partial charge >= 0.3 is 0 Å². The van der Waals surface area contributed by atoms with Gasteiger partial charge in [-0.3, -0.25) is 9.78 Å². The first-order valence-electron chi connectivity index (χ1n) is 5.85. The minimum absolute atomic E-state index is 0.0755. The maximum atomic E-state index is 12.0. The van der Waals surface area contributed by atoms with Gasteiger partial charge in [-0.15, -0.1) is 0 Å². The van der Waals surface area contributed by atoms with Crippen LogP contribution in [0.2, 0.25) is 0 Å². The van der Waals surface area contributed by atoms with Gasteiger partial charge in [0.15, 0.2) is 10.4 Å². The maximum absolute atomic E-state index is 12.0. The zero-order valence-electron chi connectivity index (χ0n) is 9.97. The molecular formula is C15H10BrNO2. The molecule has 94 valence electrons. The highest BCUT2D eigenvalue weighted by Gasteiger charge is 2.12. The van der Waals surface area contributed by atoms with Crippen molar-refractivity contribution in [3.63, 3.8) is 0 Å². The number of carbonyl (C=O) groups is 1. The van der Waals surface area contributed by atoms with Crippen LogP contribution in [0.1, 0.15) is 16.2 Å². The quantitative estimate of drug-likeness (QED) is 0.686. The van der Waals surface area contributed by atoms with Crippen LogP contribution in [0.4, 0.5) is 0 Å². The van der Waals surface area contributed by atoms with Crippen LogP contribution in [0.3, 0.4) is 0 Å². The molecule has 0 amide bonds. The number of Topliss-reactive ketones (excluding diaryl/α,β-unsaturated/α-hetero) is 1. The lowest BCUT2D eigenvalue weighted by molar-refractivity contribution is 0.0964. The van der Waals surface area contributed by atoms with Crippen LogP contribution < -0.4 is 0 Å². The van der Waals surface area contributed by atoms with Crippen molar-refractivity contribution >= 4 is 32.6 Å². The van der Waals surface area contributed by atoms with Crippen LogP contribution in [-0.2, 0) is 6.42 Å². The number of rotatable bonds is 3. The van der Waals surface area contributed by atoms with E-state index in [-0.39, 0.29) is 12.2 Å². The molecule has 0 unspecified atom stereocenters. The van der Waals surface area contributed by atoms with E-state index in [2.05, 4.69) is 20.9 Å². The Kier molecular flexibility index (Phi) is 3.17. The lowest BCUT2D eigenvalue weighted by atomic mass is 10.1. The van der Waals surface area contributed by atoms with E-state index in [1.807, 2.05) is 36.4 Å². The molecule has 0 N–H and O–H groups in total. The summed E-state index contributed by atoms with van der Waals surface area (Å²) in [5.74, 6) is 0.273. The molecule has 0 fully saturated rings. The lowest BCUT2D eigenvalue weighted by Crippen LogP contribution is -2.03. The topological polar surface area (TPSA) is 43.1 Å². The predicted octanol–water partition coefficient (Wildman–Crippen LogP) is 4.02. The first-order valence-corrected chi connectivity index (χ1v) is 6.65. The number of ketones is 1. The second kappa shape index (κ2) is 4.97. The number of carbonyl (C=O) groups excluding carboxylic acids is 1. The summed E-state index contributed by atoms with van der Waals surface area (Å²) in [4.78, 5) is 16.5. The van der Waals surface area contributed by atoms with Crippen molar-refractivity contribution < 1.29 is 9.21 Å². The Morgan fingerprint density at radius 2 is 1.95 bits per heavy atom. The summed E-state index contributed by atoms with van der Waals surface area (Å²) in [7, 11) is 0. The molecule has 2 heterocycles. The fourth-order valence-electron chi connectivity index (χ4n) is 1.92. The van der Waals surface area contributed by atoms with Crippen molar-refractivity contribution in [1.82, 2.24) is 4.98 Å². The molecule has 0 saturated heterocycles. The van der Waals surface area contributed by atoms with Crippen molar-refractivity contribution in [2.75, 3.05) is 0 Å². The number of aromatic nitrogens is 1. The predicted molar refractivity (Wildman–Crippen MR) is 76.2 cm³/mol. The highest BCUT2D eigenvalue weighted by Crippen LogP contribution is 2.17. The van der Waals surface area contributed by atoms with Gasteiger partial charge in [-0.25, -0.2) is 0 Å². The molecule has 0 bridgehead atoms. The number of benzene rings is 1. The zero-order chi connectivity index (χ0) is 13.2. The van der Waals surface area contributed by atoms with Crippen LogP contribution in [0.25, 0.3) is 10.9 Å². The fourth-order valence-corrected chi connectivity index (χ4v) is 2.23. The molecule has 0 saturated carbocycles. The first-order chi connectivity index (χ1) is 9.22. The Bertz CT molecular complexity index is 748. The molecule has 3 nitrogen and oxygen atoms in total. The molecule has 0 atom stereocenters. The summed E-state index contributed by atoms with van der Waals surface area (Å²) in [5.41, 5.74) is 1.64. The van der Waals surface area contributed by atoms with Gasteiger partial charge in [0.05, 0.1) is 11.9 Å². The molecule has 19 heavy (non-hydrogen) atoms. The molecule has 0 aliphatic rings. The number of halogens is 1. The minimum atomic E-state index is -0.0755. The van der Waals surface area contributed by atoms with Gasteiger partial charge in [0.25, 0.3) is 0 Å². The number of pyridine rings is 1. The molecular weight excluding hydrogens is 306 g/mol. The highest BCUT2D eigenvalue weighted by molar-refractivity contribution is 9.10. The van der Waals surface area contributed by atoms with Gasteiger partial charge < -0.3 is 4.42 Å². The standard InChI is InChI=1S/C15H10BrNO2/c16-15-8-7-14(19-15)13(18)9-11-6-5-10-3-1-2-4-12(10)17-11/h1-8H,9H2. The summed E-state index contributed by atoms with van der Waals surface area (Å²) in [5, 5.41) is 1.07. The van der Waals surface area contributed by atoms with Gasteiger partial charge in [0, 0.05) is 11.1 Å². The Morgan fingerprint density at radius 1 is 1.11 bits per heavy atom. The third-order valence-corrected chi connectivity index (χ3v) is 3.27. The largest absolute Gasteiger partial charge is 0.446 e. The van der Waals surface area contributed by atoms with Crippen LogP contribution >= 0.6 is 15.9 Å². The second-order valence-electron chi connectivity index (χ2n) is 4.20. The van der Waals surface area contributed by atoms with Crippen molar-refractivity contribution in [1.29, 1.82) is 0 Å².